The minimum Gasteiger partial charge on any atom is -0.493 e. The molecule has 0 saturated carbocycles. The number of anilines is 1. The van der Waals surface area contributed by atoms with Crippen LogP contribution in [0.25, 0.3) is 17.2 Å². The Morgan fingerprint density at radius 1 is 0.744 bits per heavy atom. The molecule has 1 aliphatic rings. The van der Waals surface area contributed by atoms with Gasteiger partial charge in [-0.25, -0.2) is 0 Å². The fraction of sp³-hybridized carbons (Fsp3) is 0.0645. The number of nitrogens with zero attached hydrogens (tertiary/aromatic N) is 1. The van der Waals surface area contributed by atoms with Gasteiger partial charge in [0.05, 0.1) is 19.9 Å². The van der Waals surface area contributed by atoms with E-state index >= 15 is 0 Å². The highest BCUT2D eigenvalue weighted by atomic mass is 32.1. The normalized spacial score (nSPS) is 14.3. The van der Waals surface area contributed by atoms with Gasteiger partial charge in [0.2, 0.25) is 0 Å². The van der Waals surface area contributed by atoms with Crippen LogP contribution in [0.3, 0.4) is 0 Å². The van der Waals surface area contributed by atoms with Crippen LogP contribution in [0.1, 0.15) is 5.56 Å². The van der Waals surface area contributed by atoms with Crippen molar-refractivity contribution in [3.8, 4) is 34.1 Å². The average molecular weight is 537 g/mol. The first-order valence-electron chi connectivity index (χ1n) is 12.0. The molecule has 2 amide bonds. The standard InChI is InChI=1S/C31H24N2O5S/c1-36-27-16-11-22(19-28(27)37-2)21-8-6-7-20(17-21)18-26-29(34)32-31(39)33(30(26)35)23-12-14-25(15-13-23)38-24-9-4-3-5-10-24/h3-19H,1-2H3,(H,32,34,39). The molecule has 4 aromatic carbocycles. The molecule has 0 radical (unpaired) electrons. The molecule has 194 valence electrons. The van der Waals surface area contributed by atoms with Crippen LogP contribution in [0.2, 0.25) is 0 Å². The maximum atomic E-state index is 13.5. The van der Waals surface area contributed by atoms with Crippen LogP contribution in [-0.2, 0) is 9.59 Å². The molecule has 1 heterocycles. The van der Waals surface area contributed by atoms with Crippen LogP contribution in [0.15, 0.2) is 103 Å². The van der Waals surface area contributed by atoms with Crippen molar-refractivity contribution in [3.63, 3.8) is 0 Å². The molecule has 39 heavy (non-hydrogen) atoms. The van der Waals surface area contributed by atoms with E-state index in [2.05, 4.69) is 5.32 Å². The van der Waals surface area contributed by atoms with Gasteiger partial charge < -0.3 is 14.2 Å². The second-order valence-corrected chi connectivity index (χ2v) is 8.95. The lowest BCUT2D eigenvalue weighted by atomic mass is 10.0. The van der Waals surface area contributed by atoms with Crippen molar-refractivity contribution in [2.45, 2.75) is 0 Å². The maximum absolute atomic E-state index is 13.5. The molecular weight excluding hydrogens is 512 g/mol. The summed E-state index contributed by atoms with van der Waals surface area (Å²) in [4.78, 5) is 27.6. The van der Waals surface area contributed by atoms with Crippen molar-refractivity contribution >= 4 is 40.9 Å². The molecular formula is C31H24N2O5S. The van der Waals surface area contributed by atoms with E-state index in [4.69, 9.17) is 26.4 Å². The Balaban J connectivity index is 1.41. The number of methoxy groups -OCH3 is 2. The lowest BCUT2D eigenvalue weighted by Gasteiger charge is -2.29. The monoisotopic (exact) mass is 536 g/mol. The van der Waals surface area contributed by atoms with Gasteiger partial charge in [-0.1, -0.05) is 42.5 Å². The van der Waals surface area contributed by atoms with Crippen LogP contribution in [0.4, 0.5) is 5.69 Å². The van der Waals surface area contributed by atoms with Crippen LogP contribution >= 0.6 is 12.2 Å². The second-order valence-electron chi connectivity index (χ2n) is 8.56. The summed E-state index contributed by atoms with van der Waals surface area (Å²) in [6.07, 6.45) is 1.56. The lowest BCUT2D eigenvalue weighted by Crippen LogP contribution is -2.54. The van der Waals surface area contributed by atoms with Gasteiger partial charge in [0.1, 0.15) is 17.1 Å². The topological polar surface area (TPSA) is 77.1 Å². The Hall–Kier alpha value is -4.95. The Morgan fingerprint density at radius 2 is 1.44 bits per heavy atom. The quantitative estimate of drug-likeness (QED) is 0.178. The number of hydrogen-bond acceptors (Lipinski definition) is 6. The van der Waals surface area contributed by atoms with Gasteiger partial charge in [-0.05, 0) is 89.6 Å². The molecule has 0 aromatic heterocycles. The van der Waals surface area contributed by atoms with Crippen molar-refractivity contribution in [2.75, 3.05) is 19.1 Å². The predicted octanol–water partition coefficient (Wildman–Crippen LogP) is 5.99. The number of carbonyl (C=O) groups is 2. The van der Waals surface area contributed by atoms with E-state index in [0.717, 1.165) is 11.1 Å². The number of nitrogens with one attached hydrogen (secondary N) is 1. The molecule has 5 rings (SSSR count). The minimum absolute atomic E-state index is 0.0120. The molecule has 0 bridgehead atoms. The molecule has 1 saturated heterocycles. The third kappa shape index (κ3) is 5.51. The van der Waals surface area contributed by atoms with E-state index < -0.39 is 11.8 Å². The summed E-state index contributed by atoms with van der Waals surface area (Å²) in [5.74, 6) is 1.46. The molecule has 1 fully saturated rings. The molecule has 0 unspecified atom stereocenters. The number of para-hydroxylation sites is 1. The van der Waals surface area contributed by atoms with E-state index in [9.17, 15) is 9.59 Å². The molecule has 0 atom stereocenters. The zero-order valence-electron chi connectivity index (χ0n) is 21.2. The zero-order chi connectivity index (χ0) is 27.4. The molecule has 1 N–H and O–H groups in total. The Labute approximate surface area is 231 Å². The van der Waals surface area contributed by atoms with Gasteiger partial charge in [0.25, 0.3) is 11.8 Å². The Kier molecular flexibility index (Phi) is 7.38. The van der Waals surface area contributed by atoms with Crippen molar-refractivity contribution < 1.29 is 23.8 Å². The number of benzene rings is 4. The Bertz CT molecular complexity index is 1580. The number of ether oxygens (including phenoxy) is 3. The van der Waals surface area contributed by atoms with Gasteiger partial charge in [-0.3, -0.25) is 19.8 Å². The van der Waals surface area contributed by atoms with Gasteiger partial charge in [-0.15, -0.1) is 0 Å². The van der Waals surface area contributed by atoms with E-state index in [1.54, 1.807) is 44.6 Å². The van der Waals surface area contributed by atoms with Crippen molar-refractivity contribution in [1.29, 1.82) is 0 Å². The van der Waals surface area contributed by atoms with Crippen molar-refractivity contribution in [2.24, 2.45) is 0 Å². The molecule has 0 aliphatic carbocycles. The summed E-state index contributed by atoms with van der Waals surface area (Å²) in [6, 6.07) is 29.4. The number of rotatable bonds is 7. The van der Waals surface area contributed by atoms with Crippen LogP contribution < -0.4 is 24.4 Å². The fourth-order valence-electron chi connectivity index (χ4n) is 4.17. The predicted molar refractivity (Wildman–Crippen MR) is 154 cm³/mol. The summed E-state index contributed by atoms with van der Waals surface area (Å²) in [5, 5.41) is 2.64. The molecule has 8 heteroatoms. The average Bonchev–Trinajstić information content (AvgIpc) is 2.96. The highest BCUT2D eigenvalue weighted by Gasteiger charge is 2.34. The largest absolute Gasteiger partial charge is 0.493 e. The highest BCUT2D eigenvalue weighted by molar-refractivity contribution is 7.80. The first kappa shape index (κ1) is 25.7. The van der Waals surface area contributed by atoms with E-state index in [1.807, 2.05) is 72.8 Å². The lowest BCUT2D eigenvalue weighted by molar-refractivity contribution is -0.122. The third-order valence-corrected chi connectivity index (χ3v) is 6.37. The minimum atomic E-state index is -0.554. The first-order chi connectivity index (χ1) is 19.0. The number of thiocarbonyl (C=S) groups is 1. The van der Waals surface area contributed by atoms with E-state index in [0.29, 0.717) is 34.2 Å². The van der Waals surface area contributed by atoms with Crippen molar-refractivity contribution in [1.82, 2.24) is 5.32 Å². The van der Waals surface area contributed by atoms with Crippen molar-refractivity contribution in [3.05, 3.63) is 108 Å². The number of hydrogen-bond donors (Lipinski definition) is 1. The molecule has 4 aromatic rings. The summed E-state index contributed by atoms with van der Waals surface area (Å²) < 4.78 is 16.6. The summed E-state index contributed by atoms with van der Waals surface area (Å²) >= 11 is 5.34. The zero-order valence-corrected chi connectivity index (χ0v) is 22.0. The van der Waals surface area contributed by atoms with Gasteiger partial charge in [-0.2, -0.15) is 0 Å². The SMILES string of the molecule is COc1ccc(-c2cccc(C=C3C(=O)NC(=S)N(c4ccc(Oc5ccccc5)cc4)C3=O)c2)cc1OC. The first-order valence-corrected chi connectivity index (χ1v) is 12.4. The summed E-state index contributed by atoms with van der Waals surface area (Å²) in [5.41, 5.74) is 2.94. The molecule has 0 spiro atoms. The van der Waals surface area contributed by atoms with E-state index in [-0.39, 0.29) is 10.7 Å². The van der Waals surface area contributed by atoms with Gasteiger partial charge in [0.15, 0.2) is 16.6 Å². The number of amides is 2. The van der Waals surface area contributed by atoms with Crippen LogP contribution in [-0.4, -0.2) is 31.1 Å². The molecule has 1 aliphatic heterocycles. The summed E-state index contributed by atoms with van der Waals surface area (Å²) in [6.45, 7) is 0. The van der Waals surface area contributed by atoms with E-state index in [1.165, 1.54) is 4.90 Å². The summed E-state index contributed by atoms with van der Waals surface area (Å²) in [7, 11) is 3.16. The van der Waals surface area contributed by atoms with Crippen LogP contribution in [0, 0.1) is 0 Å². The Morgan fingerprint density at radius 3 is 2.15 bits per heavy atom. The number of carbonyl (C=O) groups excluding carboxylic acids is 2. The smallest absolute Gasteiger partial charge is 0.270 e. The van der Waals surface area contributed by atoms with Gasteiger partial charge >= 0.3 is 0 Å². The third-order valence-electron chi connectivity index (χ3n) is 6.09. The fourth-order valence-corrected chi connectivity index (χ4v) is 4.45. The van der Waals surface area contributed by atoms with Crippen LogP contribution in [0.5, 0.6) is 23.0 Å². The highest BCUT2D eigenvalue weighted by Crippen LogP contribution is 2.33. The maximum Gasteiger partial charge on any atom is 0.270 e. The second kappa shape index (κ2) is 11.2. The van der Waals surface area contributed by atoms with Gasteiger partial charge in [0, 0.05) is 0 Å². The molecule has 7 nitrogen and oxygen atoms in total.